The molecule has 15 heavy (non-hydrogen) atoms. The molecule has 0 saturated carbocycles. The van der Waals surface area contributed by atoms with Gasteiger partial charge in [-0.05, 0) is 23.1 Å². The van der Waals surface area contributed by atoms with Gasteiger partial charge in [0.15, 0.2) is 0 Å². The molecule has 2 N–H and O–H groups in total. The quantitative estimate of drug-likeness (QED) is 0.727. The van der Waals surface area contributed by atoms with Crippen LogP contribution in [0.25, 0.3) is 10.9 Å². The van der Waals surface area contributed by atoms with Crippen LogP contribution >= 0.6 is 0 Å². The number of rotatable bonds is 1. The topological polar surface area (TPSA) is 27.8 Å². The molecule has 0 bridgehead atoms. The molecule has 2 heteroatoms. The molecule has 2 heterocycles. The van der Waals surface area contributed by atoms with Crippen molar-refractivity contribution in [2.24, 2.45) is 5.92 Å². The van der Waals surface area contributed by atoms with E-state index in [1.165, 1.54) is 22.0 Å². The standard InChI is InChI=1S/C13H16N2/c1-8(2)13-10-7-14-11-5-3-4-9(6-15-13)12(10)11/h3-5,7-8,13-15H,6H2,1-2H3/t13-/m1/s1. The van der Waals surface area contributed by atoms with Gasteiger partial charge < -0.3 is 10.3 Å². The van der Waals surface area contributed by atoms with Gasteiger partial charge in [0.2, 0.25) is 0 Å². The van der Waals surface area contributed by atoms with Crippen LogP contribution in [0.3, 0.4) is 0 Å². The summed E-state index contributed by atoms with van der Waals surface area (Å²) in [7, 11) is 0. The van der Waals surface area contributed by atoms with Crippen LogP contribution in [-0.4, -0.2) is 4.98 Å². The van der Waals surface area contributed by atoms with E-state index >= 15 is 0 Å². The number of hydrogen-bond acceptors (Lipinski definition) is 1. The van der Waals surface area contributed by atoms with E-state index < -0.39 is 0 Å². The Bertz CT molecular complexity index is 496. The van der Waals surface area contributed by atoms with Gasteiger partial charge in [0.25, 0.3) is 0 Å². The summed E-state index contributed by atoms with van der Waals surface area (Å²) in [5, 5.41) is 5.04. The molecule has 78 valence electrons. The van der Waals surface area contributed by atoms with Crippen molar-refractivity contribution in [3.05, 3.63) is 35.5 Å². The fourth-order valence-corrected chi connectivity index (χ4v) is 2.61. The maximum atomic E-state index is 3.60. The first-order chi connectivity index (χ1) is 7.27. The Morgan fingerprint density at radius 3 is 3.00 bits per heavy atom. The molecular formula is C13H16N2. The average Bonchev–Trinajstić information content (AvgIpc) is 2.65. The second-order valence-corrected chi connectivity index (χ2v) is 4.69. The first-order valence-corrected chi connectivity index (χ1v) is 5.59. The van der Waals surface area contributed by atoms with Gasteiger partial charge in [-0.1, -0.05) is 26.0 Å². The Labute approximate surface area is 89.7 Å². The van der Waals surface area contributed by atoms with Gasteiger partial charge >= 0.3 is 0 Å². The minimum Gasteiger partial charge on any atom is -0.361 e. The monoisotopic (exact) mass is 200 g/mol. The van der Waals surface area contributed by atoms with E-state index in [1.807, 2.05) is 0 Å². The number of nitrogens with one attached hydrogen (secondary N) is 2. The molecule has 3 rings (SSSR count). The summed E-state index contributed by atoms with van der Waals surface area (Å²) in [5.41, 5.74) is 4.12. The molecule has 0 saturated heterocycles. The van der Waals surface area contributed by atoms with Crippen LogP contribution in [0.4, 0.5) is 0 Å². The molecule has 2 nitrogen and oxygen atoms in total. The Morgan fingerprint density at radius 1 is 1.33 bits per heavy atom. The number of aromatic amines is 1. The minimum atomic E-state index is 0.494. The van der Waals surface area contributed by atoms with Crippen LogP contribution in [0.15, 0.2) is 24.4 Å². The Hall–Kier alpha value is -1.28. The van der Waals surface area contributed by atoms with Crippen LogP contribution in [0.2, 0.25) is 0 Å². The molecule has 1 aliphatic heterocycles. The Balaban J connectivity index is 2.27. The average molecular weight is 200 g/mol. The molecule has 1 aromatic carbocycles. The van der Waals surface area contributed by atoms with E-state index in [9.17, 15) is 0 Å². The van der Waals surface area contributed by atoms with Crippen molar-refractivity contribution < 1.29 is 0 Å². The summed E-state index contributed by atoms with van der Waals surface area (Å²) in [5.74, 6) is 0.636. The van der Waals surface area contributed by atoms with Crippen LogP contribution < -0.4 is 5.32 Å². The summed E-state index contributed by atoms with van der Waals surface area (Å²) in [6, 6.07) is 6.98. The lowest BCUT2D eigenvalue weighted by atomic mass is 9.90. The van der Waals surface area contributed by atoms with Crippen LogP contribution in [-0.2, 0) is 6.54 Å². The van der Waals surface area contributed by atoms with E-state index in [2.05, 4.69) is 48.5 Å². The van der Waals surface area contributed by atoms with Gasteiger partial charge in [-0.15, -0.1) is 0 Å². The molecule has 1 atom stereocenters. The molecule has 0 amide bonds. The molecule has 0 spiro atoms. The SMILES string of the molecule is CC(C)[C@H]1NCc2cccc3[nH]cc1c23. The normalized spacial score (nSPS) is 20.1. The smallest absolute Gasteiger partial charge is 0.0460 e. The largest absolute Gasteiger partial charge is 0.361 e. The third kappa shape index (κ3) is 1.21. The summed E-state index contributed by atoms with van der Waals surface area (Å²) in [4.78, 5) is 3.36. The predicted molar refractivity (Wildman–Crippen MR) is 62.7 cm³/mol. The number of hydrogen-bond donors (Lipinski definition) is 2. The fourth-order valence-electron chi connectivity index (χ4n) is 2.61. The first-order valence-electron chi connectivity index (χ1n) is 5.59. The van der Waals surface area contributed by atoms with Crippen LogP contribution in [0.5, 0.6) is 0 Å². The number of benzene rings is 1. The molecule has 1 aliphatic rings. The lowest BCUT2D eigenvalue weighted by molar-refractivity contribution is 0.406. The lowest BCUT2D eigenvalue weighted by Gasteiger charge is -2.27. The van der Waals surface area contributed by atoms with Crippen molar-refractivity contribution in [1.82, 2.24) is 10.3 Å². The minimum absolute atomic E-state index is 0.494. The van der Waals surface area contributed by atoms with Crippen molar-refractivity contribution in [3.63, 3.8) is 0 Å². The van der Waals surface area contributed by atoms with Gasteiger partial charge in [0, 0.05) is 29.7 Å². The highest BCUT2D eigenvalue weighted by Gasteiger charge is 2.24. The summed E-state index contributed by atoms with van der Waals surface area (Å²) in [6.07, 6.45) is 2.16. The second-order valence-electron chi connectivity index (χ2n) is 4.69. The Kier molecular flexibility index (Phi) is 1.86. The third-order valence-electron chi connectivity index (χ3n) is 3.34. The van der Waals surface area contributed by atoms with Gasteiger partial charge in [-0.25, -0.2) is 0 Å². The van der Waals surface area contributed by atoms with E-state index in [1.54, 1.807) is 0 Å². The molecular weight excluding hydrogens is 184 g/mol. The number of H-pyrrole nitrogens is 1. The van der Waals surface area contributed by atoms with Gasteiger partial charge in [0.1, 0.15) is 0 Å². The van der Waals surface area contributed by atoms with Crippen LogP contribution in [0.1, 0.15) is 31.0 Å². The van der Waals surface area contributed by atoms with E-state index in [0.29, 0.717) is 12.0 Å². The maximum Gasteiger partial charge on any atom is 0.0460 e. The lowest BCUT2D eigenvalue weighted by Crippen LogP contribution is -2.28. The highest BCUT2D eigenvalue weighted by Crippen LogP contribution is 2.34. The van der Waals surface area contributed by atoms with E-state index in [-0.39, 0.29) is 0 Å². The Morgan fingerprint density at radius 2 is 2.20 bits per heavy atom. The van der Waals surface area contributed by atoms with Gasteiger partial charge in [-0.3, -0.25) is 0 Å². The molecule has 0 fully saturated rings. The van der Waals surface area contributed by atoms with Gasteiger partial charge in [-0.2, -0.15) is 0 Å². The van der Waals surface area contributed by atoms with E-state index in [0.717, 1.165) is 6.54 Å². The van der Waals surface area contributed by atoms with Crippen molar-refractivity contribution in [2.75, 3.05) is 0 Å². The zero-order valence-electron chi connectivity index (χ0n) is 9.17. The van der Waals surface area contributed by atoms with Gasteiger partial charge in [0.05, 0.1) is 0 Å². The number of aromatic nitrogens is 1. The third-order valence-corrected chi connectivity index (χ3v) is 3.34. The first kappa shape index (κ1) is 8.98. The molecule has 0 radical (unpaired) electrons. The van der Waals surface area contributed by atoms with Crippen molar-refractivity contribution in [1.29, 1.82) is 0 Å². The van der Waals surface area contributed by atoms with Crippen molar-refractivity contribution in [3.8, 4) is 0 Å². The highest BCUT2D eigenvalue weighted by atomic mass is 14.9. The zero-order chi connectivity index (χ0) is 10.4. The predicted octanol–water partition coefficient (Wildman–Crippen LogP) is 2.97. The van der Waals surface area contributed by atoms with Crippen LogP contribution in [0, 0.1) is 5.92 Å². The highest BCUT2D eigenvalue weighted by molar-refractivity contribution is 5.87. The molecule has 0 unspecified atom stereocenters. The summed E-state index contributed by atoms with van der Waals surface area (Å²) in [6.45, 7) is 5.53. The van der Waals surface area contributed by atoms with Crippen molar-refractivity contribution in [2.45, 2.75) is 26.4 Å². The zero-order valence-corrected chi connectivity index (χ0v) is 9.17. The molecule has 0 aliphatic carbocycles. The fraction of sp³-hybridized carbons (Fsp3) is 0.385. The summed E-state index contributed by atoms with van der Waals surface area (Å²) < 4.78 is 0. The summed E-state index contributed by atoms with van der Waals surface area (Å²) >= 11 is 0. The van der Waals surface area contributed by atoms with Crippen molar-refractivity contribution >= 4 is 10.9 Å². The second kappa shape index (κ2) is 3.11. The maximum absolute atomic E-state index is 3.60. The molecule has 1 aromatic heterocycles. The molecule has 2 aromatic rings. The van der Waals surface area contributed by atoms with E-state index in [4.69, 9.17) is 0 Å².